The number of aromatic nitrogens is 3. The van der Waals surface area contributed by atoms with E-state index < -0.39 is 12.7 Å². The Bertz CT molecular complexity index is 662. The lowest BCUT2D eigenvalue weighted by Gasteiger charge is -2.19. The molecular weight excluding hydrogens is 498 g/mol. The number of fused-ring (bicyclic) bond motifs is 1. The van der Waals surface area contributed by atoms with Gasteiger partial charge >= 0.3 is 6.18 Å². The number of aryl methyl sites for hydroxylation is 2. The van der Waals surface area contributed by atoms with Gasteiger partial charge in [0.25, 0.3) is 0 Å². The van der Waals surface area contributed by atoms with Crippen molar-refractivity contribution in [2.24, 2.45) is 4.99 Å². The lowest BCUT2D eigenvalue weighted by atomic mass is 10.2. The van der Waals surface area contributed by atoms with Gasteiger partial charge in [-0.1, -0.05) is 6.42 Å². The average Bonchev–Trinajstić information content (AvgIpc) is 3.15. The van der Waals surface area contributed by atoms with Gasteiger partial charge in [-0.05, 0) is 25.7 Å². The van der Waals surface area contributed by atoms with Crippen molar-refractivity contribution in [1.29, 1.82) is 0 Å². The summed E-state index contributed by atoms with van der Waals surface area (Å²) in [7, 11) is 1.68. The fraction of sp³-hybridized carbons (Fsp3) is 0.833. The first-order chi connectivity index (χ1) is 13.4. The average molecular weight is 529 g/mol. The topological polar surface area (TPSA) is 70.4 Å². The standard InChI is InChI=1S/C18H30F3N7.HI/c1-22-17(24-14-8-11-27(12-14)13-18(19,20)21)23-9-5-7-16-26-25-15-6-3-2-4-10-28(15)16;/h14H,2-13H2,1H3,(H2,22,23,24);1H. The zero-order valence-corrected chi connectivity index (χ0v) is 19.2. The van der Waals surface area contributed by atoms with E-state index in [-0.39, 0.29) is 30.0 Å². The molecule has 0 spiro atoms. The van der Waals surface area contributed by atoms with Crippen LogP contribution >= 0.6 is 24.0 Å². The molecule has 2 N–H and O–H groups in total. The van der Waals surface area contributed by atoms with Gasteiger partial charge in [0, 0.05) is 52.1 Å². The van der Waals surface area contributed by atoms with Crippen LogP contribution in [0.5, 0.6) is 0 Å². The van der Waals surface area contributed by atoms with Crippen LogP contribution in [0.3, 0.4) is 0 Å². The number of alkyl halides is 3. The molecule has 1 aromatic rings. The molecule has 29 heavy (non-hydrogen) atoms. The summed E-state index contributed by atoms with van der Waals surface area (Å²) in [6, 6.07) is -0.0131. The van der Waals surface area contributed by atoms with Crippen molar-refractivity contribution < 1.29 is 13.2 Å². The minimum Gasteiger partial charge on any atom is -0.356 e. The molecule has 11 heteroatoms. The molecule has 1 aromatic heterocycles. The predicted octanol–water partition coefficient (Wildman–Crippen LogP) is 2.36. The van der Waals surface area contributed by atoms with Gasteiger partial charge in [0.1, 0.15) is 11.6 Å². The van der Waals surface area contributed by atoms with Crippen LogP contribution in [-0.2, 0) is 19.4 Å². The summed E-state index contributed by atoms with van der Waals surface area (Å²) in [5, 5.41) is 15.1. The molecule has 166 valence electrons. The fourth-order valence-electron chi connectivity index (χ4n) is 3.92. The summed E-state index contributed by atoms with van der Waals surface area (Å²) in [6.45, 7) is 1.71. The van der Waals surface area contributed by atoms with Crippen molar-refractivity contribution in [3.63, 3.8) is 0 Å². The summed E-state index contributed by atoms with van der Waals surface area (Å²) in [5.41, 5.74) is 0. The molecule has 0 amide bonds. The molecule has 0 aromatic carbocycles. The van der Waals surface area contributed by atoms with Crippen LogP contribution in [-0.4, -0.2) is 71.1 Å². The van der Waals surface area contributed by atoms with E-state index in [2.05, 4.69) is 30.4 Å². The molecule has 3 heterocycles. The zero-order valence-electron chi connectivity index (χ0n) is 16.8. The molecule has 1 saturated heterocycles. The van der Waals surface area contributed by atoms with Crippen molar-refractivity contribution >= 4 is 29.9 Å². The van der Waals surface area contributed by atoms with Gasteiger partial charge in [-0.2, -0.15) is 13.2 Å². The van der Waals surface area contributed by atoms with Gasteiger partial charge in [-0.25, -0.2) is 0 Å². The van der Waals surface area contributed by atoms with Gasteiger partial charge < -0.3 is 15.2 Å². The number of aliphatic imine (C=N–C) groups is 1. The largest absolute Gasteiger partial charge is 0.401 e. The highest BCUT2D eigenvalue weighted by atomic mass is 127. The third-order valence-corrected chi connectivity index (χ3v) is 5.30. The molecule has 7 nitrogen and oxygen atoms in total. The molecule has 1 fully saturated rings. The molecule has 0 bridgehead atoms. The van der Waals surface area contributed by atoms with E-state index in [1.165, 1.54) is 24.2 Å². The Morgan fingerprint density at radius 1 is 1.21 bits per heavy atom. The van der Waals surface area contributed by atoms with Crippen molar-refractivity contribution in [1.82, 2.24) is 30.3 Å². The number of hydrogen-bond donors (Lipinski definition) is 2. The van der Waals surface area contributed by atoms with Crippen LogP contribution < -0.4 is 10.6 Å². The van der Waals surface area contributed by atoms with Gasteiger partial charge in [-0.3, -0.25) is 9.89 Å². The molecular formula is C18H31F3IN7. The van der Waals surface area contributed by atoms with Gasteiger partial charge in [-0.15, -0.1) is 34.2 Å². The second kappa shape index (κ2) is 11.3. The van der Waals surface area contributed by atoms with Crippen molar-refractivity contribution in [2.75, 3.05) is 33.2 Å². The van der Waals surface area contributed by atoms with E-state index in [9.17, 15) is 13.2 Å². The molecule has 2 aliphatic rings. The molecule has 1 atom stereocenters. The third-order valence-electron chi connectivity index (χ3n) is 5.30. The Kier molecular flexibility index (Phi) is 9.44. The van der Waals surface area contributed by atoms with Crippen molar-refractivity contribution in [2.45, 2.75) is 63.7 Å². The summed E-state index contributed by atoms with van der Waals surface area (Å²) in [6.07, 6.45) is 2.90. The van der Waals surface area contributed by atoms with E-state index in [1.807, 2.05) is 0 Å². The van der Waals surface area contributed by atoms with Gasteiger partial charge in [0.05, 0.1) is 6.54 Å². The Labute approximate surface area is 186 Å². The van der Waals surface area contributed by atoms with Crippen LogP contribution in [0.25, 0.3) is 0 Å². The number of nitrogens with zero attached hydrogens (tertiary/aromatic N) is 5. The number of guanidine groups is 1. The smallest absolute Gasteiger partial charge is 0.356 e. The first-order valence-electron chi connectivity index (χ1n) is 10.1. The van der Waals surface area contributed by atoms with Crippen LogP contribution in [0.1, 0.15) is 43.8 Å². The monoisotopic (exact) mass is 529 g/mol. The third kappa shape index (κ3) is 7.58. The second-order valence-corrected chi connectivity index (χ2v) is 7.58. The van der Waals surface area contributed by atoms with Crippen LogP contribution in [0, 0.1) is 0 Å². The summed E-state index contributed by atoms with van der Waals surface area (Å²) in [4.78, 5) is 5.62. The Balaban J connectivity index is 0.00000300. The number of likely N-dealkylation sites (tertiary alicyclic amines) is 1. The molecule has 1 unspecified atom stereocenters. The molecule has 2 aliphatic heterocycles. The molecule has 0 radical (unpaired) electrons. The van der Waals surface area contributed by atoms with E-state index in [4.69, 9.17) is 0 Å². The van der Waals surface area contributed by atoms with Gasteiger partial charge in [0.2, 0.25) is 0 Å². The maximum absolute atomic E-state index is 12.5. The molecule has 0 saturated carbocycles. The van der Waals surface area contributed by atoms with Gasteiger partial charge in [0.15, 0.2) is 5.96 Å². The maximum Gasteiger partial charge on any atom is 0.401 e. The zero-order chi connectivity index (χ0) is 20.0. The quantitative estimate of drug-likeness (QED) is 0.257. The van der Waals surface area contributed by atoms with Crippen molar-refractivity contribution in [3.05, 3.63) is 11.6 Å². The number of hydrogen-bond acceptors (Lipinski definition) is 4. The maximum atomic E-state index is 12.5. The lowest BCUT2D eigenvalue weighted by Crippen LogP contribution is -2.45. The van der Waals surface area contributed by atoms with E-state index in [0.29, 0.717) is 25.5 Å². The van der Waals surface area contributed by atoms with Crippen LogP contribution in [0.4, 0.5) is 13.2 Å². The Morgan fingerprint density at radius 2 is 2.03 bits per heavy atom. The highest BCUT2D eigenvalue weighted by molar-refractivity contribution is 14.0. The summed E-state index contributed by atoms with van der Waals surface area (Å²) < 4.78 is 39.8. The van der Waals surface area contributed by atoms with E-state index in [0.717, 1.165) is 44.0 Å². The molecule has 0 aliphatic carbocycles. The first-order valence-corrected chi connectivity index (χ1v) is 10.1. The minimum atomic E-state index is -4.14. The SMILES string of the molecule is CN=C(NCCCc1nnc2n1CCCCC2)NC1CCN(CC(F)(F)F)C1.I. The van der Waals surface area contributed by atoms with Crippen LogP contribution in [0.2, 0.25) is 0 Å². The second-order valence-electron chi connectivity index (χ2n) is 7.58. The summed E-state index contributed by atoms with van der Waals surface area (Å²) in [5.74, 6) is 2.78. The first kappa shape index (κ1) is 24.2. The van der Waals surface area contributed by atoms with E-state index in [1.54, 1.807) is 7.05 Å². The number of halogens is 4. The van der Waals surface area contributed by atoms with Crippen LogP contribution in [0.15, 0.2) is 4.99 Å². The van der Waals surface area contributed by atoms with E-state index >= 15 is 0 Å². The predicted molar refractivity (Wildman–Crippen MR) is 117 cm³/mol. The number of nitrogens with one attached hydrogen (secondary N) is 2. The number of rotatable bonds is 6. The Morgan fingerprint density at radius 3 is 2.79 bits per heavy atom. The fourth-order valence-corrected chi connectivity index (χ4v) is 3.92. The lowest BCUT2D eigenvalue weighted by molar-refractivity contribution is -0.143. The van der Waals surface area contributed by atoms with Crippen molar-refractivity contribution in [3.8, 4) is 0 Å². The summed E-state index contributed by atoms with van der Waals surface area (Å²) >= 11 is 0. The highest BCUT2D eigenvalue weighted by Gasteiger charge is 2.34. The highest BCUT2D eigenvalue weighted by Crippen LogP contribution is 2.20. The normalized spacial score (nSPS) is 20.7. The minimum absolute atomic E-state index is 0. The Hall–Kier alpha value is -1.11. The molecule has 3 rings (SSSR count).